The monoisotopic (exact) mass is 310 g/mol. The zero-order valence-corrected chi connectivity index (χ0v) is 11.6. The molecule has 0 spiro atoms. The van der Waals surface area contributed by atoms with Gasteiger partial charge in [0.2, 0.25) is 9.05 Å². The van der Waals surface area contributed by atoms with E-state index in [-0.39, 0.29) is 23.9 Å². The minimum atomic E-state index is -3.63. The molecule has 1 aliphatic heterocycles. The Morgan fingerprint density at radius 1 is 1.11 bits per heavy atom. The standard InChI is InChI=1S/C10H11ClO5S2/c11-17(12,13)7-8-1-3-9(4-2-8)18(14,15)10-5-16-6-10/h1-4,10H,5-7H2. The summed E-state index contributed by atoms with van der Waals surface area (Å²) in [6.45, 7) is 0.417. The molecule has 1 aliphatic rings. The lowest BCUT2D eigenvalue weighted by Gasteiger charge is -2.25. The summed E-state index contributed by atoms with van der Waals surface area (Å²) in [6.07, 6.45) is 0. The average molecular weight is 311 g/mol. The van der Waals surface area contributed by atoms with Crippen LogP contribution >= 0.6 is 10.7 Å². The van der Waals surface area contributed by atoms with Crippen molar-refractivity contribution >= 4 is 29.6 Å². The Morgan fingerprint density at radius 2 is 1.67 bits per heavy atom. The van der Waals surface area contributed by atoms with Gasteiger partial charge in [-0.1, -0.05) is 12.1 Å². The Hall–Kier alpha value is -0.630. The molecule has 0 aromatic heterocycles. The van der Waals surface area contributed by atoms with Gasteiger partial charge in [-0.05, 0) is 17.7 Å². The highest BCUT2D eigenvalue weighted by molar-refractivity contribution is 8.13. The summed E-state index contributed by atoms with van der Waals surface area (Å²) in [4.78, 5) is 0.173. The van der Waals surface area contributed by atoms with Crippen molar-refractivity contribution in [3.8, 4) is 0 Å². The van der Waals surface area contributed by atoms with Gasteiger partial charge in [-0.2, -0.15) is 0 Å². The molecule has 1 saturated heterocycles. The van der Waals surface area contributed by atoms with Gasteiger partial charge in [-0.15, -0.1) is 0 Å². The molecule has 1 aromatic rings. The summed E-state index contributed by atoms with van der Waals surface area (Å²) in [5.41, 5.74) is 0.453. The Labute approximate surface area is 110 Å². The van der Waals surface area contributed by atoms with Crippen molar-refractivity contribution in [3.05, 3.63) is 29.8 Å². The van der Waals surface area contributed by atoms with Gasteiger partial charge in [0.1, 0.15) is 5.25 Å². The van der Waals surface area contributed by atoms with Crippen molar-refractivity contribution in [2.24, 2.45) is 0 Å². The molecule has 1 heterocycles. The van der Waals surface area contributed by atoms with Crippen LogP contribution in [-0.4, -0.2) is 35.3 Å². The molecule has 0 aliphatic carbocycles. The number of hydrogen-bond acceptors (Lipinski definition) is 5. The van der Waals surface area contributed by atoms with E-state index in [9.17, 15) is 16.8 Å². The highest BCUT2D eigenvalue weighted by Crippen LogP contribution is 2.22. The summed E-state index contributed by atoms with van der Waals surface area (Å²) in [5.74, 6) is -0.318. The van der Waals surface area contributed by atoms with E-state index in [1.807, 2.05) is 0 Å². The molecule has 18 heavy (non-hydrogen) atoms. The Kier molecular flexibility index (Phi) is 3.68. The molecular weight excluding hydrogens is 300 g/mol. The van der Waals surface area contributed by atoms with Gasteiger partial charge in [-0.3, -0.25) is 0 Å². The van der Waals surface area contributed by atoms with Crippen molar-refractivity contribution in [2.75, 3.05) is 13.2 Å². The molecule has 0 radical (unpaired) electrons. The number of rotatable bonds is 4. The Balaban J connectivity index is 2.22. The van der Waals surface area contributed by atoms with Gasteiger partial charge in [0.15, 0.2) is 9.84 Å². The van der Waals surface area contributed by atoms with E-state index >= 15 is 0 Å². The van der Waals surface area contributed by atoms with Crippen LogP contribution in [0.2, 0.25) is 0 Å². The third kappa shape index (κ3) is 3.03. The lowest BCUT2D eigenvalue weighted by Crippen LogP contribution is -2.40. The largest absolute Gasteiger partial charge is 0.379 e. The van der Waals surface area contributed by atoms with Crippen LogP contribution in [0.5, 0.6) is 0 Å². The first kappa shape index (κ1) is 13.8. The van der Waals surface area contributed by atoms with Crippen molar-refractivity contribution in [3.63, 3.8) is 0 Å². The zero-order chi connectivity index (χ0) is 13.4. The van der Waals surface area contributed by atoms with Crippen LogP contribution in [0, 0.1) is 0 Å². The molecule has 2 rings (SSSR count). The molecule has 100 valence electrons. The van der Waals surface area contributed by atoms with Crippen LogP contribution in [0.4, 0.5) is 0 Å². The zero-order valence-electron chi connectivity index (χ0n) is 9.24. The highest BCUT2D eigenvalue weighted by Gasteiger charge is 2.33. The van der Waals surface area contributed by atoms with E-state index in [1.54, 1.807) is 0 Å². The molecule has 1 aromatic carbocycles. The number of halogens is 1. The van der Waals surface area contributed by atoms with Gasteiger partial charge in [0, 0.05) is 10.7 Å². The van der Waals surface area contributed by atoms with Crippen LogP contribution in [0.15, 0.2) is 29.2 Å². The number of benzene rings is 1. The SMILES string of the molecule is O=S(=O)(Cl)Cc1ccc(S(=O)(=O)C2COC2)cc1. The maximum absolute atomic E-state index is 12.0. The summed E-state index contributed by atoms with van der Waals surface area (Å²) in [7, 11) is -1.89. The molecule has 0 atom stereocenters. The molecule has 0 saturated carbocycles. The first-order valence-electron chi connectivity index (χ1n) is 5.12. The van der Waals surface area contributed by atoms with Crippen LogP contribution < -0.4 is 0 Å². The first-order chi connectivity index (χ1) is 8.29. The normalized spacial score (nSPS) is 17.4. The molecule has 0 bridgehead atoms. The Bertz CT molecular complexity index is 629. The van der Waals surface area contributed by atoms with Crippen molar-refractivity contribution in [2.45, 2.75) is 15.9 Å². The molecule has 5 nitrogen and oxygen atoms in total. The van der Waals surface area contributed by atoms with Gasteiger partial charge < -0.3 is 4.74 Å². The second kappa shape index (κ2) is 4.80. The number of ether oxygens (including phenoxy) is 1. The lowest BCUT2D eigenvalue weighted by molar-refractivity contribution is 0.0416. The predicted octanol–water partition coefficient (Wildman–Crippen LogP) is 0.928. The second-order valence-electron chi connectivity index (χ2n) is 4.03. The fourth-order valence-corrected chi connectivity index (χ4v) is 3.98. The first-order valence-corrected chi connectivity index (χ1v) is 9.14. The van der Waals surface area contributed by atoms with E-state index in [1.165, 1.54) is 24.3 Å². The molecular formula is C10H11ClO5S2. The minimum absolute atomic E-state index is 0.173. The summed E-state index contributed by atoms with van der Waals surface area (Å²) >= 11 is 0. The maximum atomic E-state index is 12.0. The topological polar surface area (TPSA) is 77.5 Å². The molecule has 1 fully saturated rings. The van der Waals surface area contributed by atoms with Gasteiger partial charge in [0.05, 0.1) is 23.9 Å². The molecule has 0 amide bonds. The second-order valence-corrected chi connectivity index (χ2v) is 9.04. The van der Waals surface area contributed by atoms with Crippen molar-refractivity contribution in [1.29, 1.82) is 0 Å². The van der Waals surface area contributed by atoms with E-state index in [0.29, 0.717) is 5.56 Å². The van der Waals surface area contributed by atoms with Gasteiger partial charge in [-0.25, -0.2) is 16.8 Å². The van der Waals surface area contributed by atoms with Gasteiger partial charge in [0.25, 0.3) is 0 Å². The summed E-state index contributed by atoms with van der Waals surface area (Å²) in [5, 5.41) is -0.500. The fourth-order valence-electron chi connectivity index (χ4n) is 1.56. The maximum Gasteiger partial charge on any atom is 0.236 e. The van der Waals surface area contributed by atoms with Crippen molar-refractivity contribution < 1.29 is 21.6 Å². The number of hydrogen-bond donors (Lipinski definition) is 0. The van der Waals surface area contributed by atoms with Crippen molar-refractivity contribution in [1.82, 2.24) is 0 Å². The van der Waals surface area contributed by atoms with E-state index in [2.05, 4.69) is 0 Å². The molecule has 8 heteroatoms. The molecule has 0 unspecified atom stereocenters. The summed E-state index contributed by atoms with van der Waals surface area (Å²) < 4.78 is 50.6. The quantitative estimate of drug-likeness (QED) is 0.773. The van der Waals surface area contributed by atoms with Crippen LogP contribution in [0.3, 0.4) is 0 Å². The Morgan fingerprint density at radius 3 is 2.06 bits per heavy atom. The van der Waals surface area contributed by atoms with E-state index in [4.69, 9.17) is 15.4 Å². The average Bonchev–Trinajstić information content (AvgIpc) is 2.12. The third-order valence-corrected chi connectivity index (χ3v) is 5.72. The van der Waals surface area contributed by atoms with Crippen LogP contribution in [0.25, 0.3) is 0 Å². The molecule has 0 N–H and O–H groups in total. The predicted molar refractivity (Wildman–Crippen MR) is 66.7 cm³/mol. The minimum Gasteiger partial charge on any atom is -0.379 e. The smallest absolute Gasteiger partial charge is 0.236 e. The fraction of sp³-hybridized carbons (Fsp3) is 0.400. The van der Waals surface area contributed by atoms with Crippen LogP contribution in [-0.2, 0) is 29.4 Å². The van der Waals surface area contributed by atoms with Crippen LogP contribution in [0.1, 0.15) is 5.56 Å². The summed E-state index contributed by atoms with van der Waals surface area (Å²) in [6, 6.07) is 5.69. The highest BCUT2D eigenvalue weighted by atomic mass is 35.7. The van der Waals surface area contributed by atoms with E-state index in [0.717, 1.165) is 0 Å². The van der Waals surface area contributed by atoms with E-state index < -0.39 is 24.1 Å². The number of sulfone groups is 1. The lowest BCUT2D eigenvalue weighted by atomic mass is 10.2. The third-order valence-electron chi connectivity index (χ3n) is 2.64. The van der Waals surface area contributed by atoms with Gasteiger partial charge >= 0.3 is 0 Å².